The first-order valence-corrected chi connectivity index (χ1v) is 8.64. The molecule has 0 bridgehead atoms. The molecule has 2 rings (SSSR count). The molecule has 2 atom stereocenters. The van der Waals surface area contributed by atoms with E-state index in [2.05, 4.69) is 17.2 Å². The highest BCUT2D eigenvalue weighted by Crippen LogP contribution is 2.36. The van der Waals surface area contributed by atoms with Crippen LogP contribution in [0.4, 0.5) is 4.79 Å². The molecule has 1 fully saturated rings. The van der Waals surface area contributed by atoms with Crippen molar-refractivity contribution < 1.29 is 28.6 Å². The zero-order chi connectivity index (χ0) is 20.1. The van der Waals surface area contributed by atoms with Crippen LogP contribution in [-0.2, 0) is 14.3 Å². The Labute approximate surface area is 157 Å². The van der Waals surface area contributed by atoms with Crippen molar-refractivity contribution in [3.63, 3.8) is 0 Å². The lowest BCUT2D eigenvalue weighted by atomic mass is 9.89. The molecule has 1 heterocycles. The molecule has 0 radical (unpaired) electrons. The van der Waals surface area contributed by atoms with Crippen LogP contribution < -0.4 is 20.1 Å². The standard InChI is InChI=1S/C19H24N2O6/c1-6-25-15-9-13(7-8-14(15)27-12(5)22)17-16(18(23)26-10(2)3)11(4)20-19(24)21-17/h7-10,16-17H,4,6H2,1-3,5H3,(H2,20,21,24)/t16-,17+/m1/s1. The first-order valence-electron chi connectivity index (χ1n) is 8.64. The summed E-state index contributed by atoms with van der Waals surface area (Å²) in [6, 6.07) is 3.66. The monoisotopic (exact) mass is 376 g/mol. The van der Waals surface area contributed by atoms with Gasteiger partial charge in [0, 0.05) is 12.6 Å². The lowest BCUT2D eigenvalue weighted by Crippen LogP contribution is -2.51. The van der Waals surface area contributed by atoms with E-state index in [1.165, 1.54) is 6.92 Å². The first kappa shape index (κ1) is 20.3. The lowest BCUT2D eigenvalue weighted by molar-refractivity contribution is -0.152. The van der Waals surface area contributed by atoms with E-state index in [1.54, 1.807) is 39.0 Å². The molecule has 1 aliphatic heterocycles. The highest BCUT2D eigenvalue weighted by molar-refractivity contribution is 5.85. The number of urea groups is 1. The topological polar surface area (TPSA) is 103 Å². The van der Waals surface area contributed by atoms with Crippen LogP contribution >= 0.6 is 0 Å². The van der Waals surface area contributed by atoms with Crippen LogP contribution in [0.25, 0.3) is 0 Å². The van der Waals surface area contributed by atoms with Crippen molar-refractivity contribution in [3.8, 4) is 11.5 Å². The predicted molar refractivity (Wildman–Crippen MR) is 97.2 cm³/mol. The summed E-state index contributed by atoms with van der Waals surface area (Å²) in [7, 11) is 0. The number of ether oxygens (including phenoxy) is 3. The maximum Gasteiger partial charge on any atom is 0.319 e. The first-order chi connectivity index (χ1) is 12.7. The van der Waals surface area contributed by atoms with Crippen LogP contribution in [0, 0.1) is 5.92 Å². The van der Waals surface area contributed by atoms with Gasteiger partial charge < -0.3 is 24.8 Å². The molecule has 1 aromatic rings. The van der Waals surface area contributed by atoms with Gasteiger partial charge in [-0.1, -0.05) is 12.6 Å². The Bertz CT molecular complexity index is 759. The molecule has 2 amide bonds. The summed E-state index contributed by atoms with van der Waals surface area (Å²) < 4.78 is 16.0. The maximum absolute atomic E-state index is 12.6. The summed E-state index contributed by atoms with van der Waals surface area (Å²) >= 11 is 0. The van der Waals surface area contributed by atoms with Gasteiger partial charge in [0.1, 0.15) is 5.92 Å². The molecule has 8 heteroatoms. The zero-order valence-electron chi connectivity index (χ0n) is 15.8. The molecule has 0 aromatic heterocycles. The van der Waals surface area contributed by atoms with Crippen LogP contribution in [0.2, 0.25) is 0 Å². The predicted octanol–water partition coefficient (Wildman–Crippen LogP) is 2.45. The Morgan fingerprint density at radius 3 is 2.56 bits per heavy atom. The number of amides is 2. The van der Waals surface area contributed by atoms with Crippen LogP contribution in [0.5, 0.6) is 11.5 Å². The van der Waals surface area contributed by atoms with E-state index in [0.717, 1.165) is 0 Å². The maximum atomic E-state index is 12.6. The van der Waals surface area contributed by atoms with E-state index in [1.807, 2.05) is 0 Å². The number of hydrogen-bond acceptors (Lipinski definition) is 6. The Morgan fingerprint density at radius 1 is 1.26 bits per heavy atom. The Morgan fingerprint density at radius 2 is 1.96 bits per heavy atom. The van der Waals surface area contributed by atoms with Crippen LogP contribution in [0.3, 0.4) is 0 Å². The average molecular weight is 376 g/mol. The van der Waals surface area contributed by atoms with Crippen molar-refractivity contribution in [1.29, 1.82) is 0 Å². The fraction of sp³-hybridized carbons (Fsp3) is 0.421. The summed E-state index contributed by atoms with van der Waals surface area (Å²) in [5.41, 5.74) is 0.840. The molecule has 0 spiro atoms. The van der Waals surface area contributed by atoms with E-state index < -0.39 is 29.9 Å². The number of benzene rings is 1. The second-order valence-corrected chi connectivity index (χ2v) is 6.30. The fourth-order valence-corrected chi connectivity index (χ4v) is 2.77. The molecule has 146 valence electrons. The molecule has 2 N–H and O–H groups in total. The number of hydrogen-bond donors (Lipinski definition) is 2. The molecule has 0 saturated carbocycles. The summed E-state index contributed by atoms with van der Waals surface area (Å²) in [6.45, 7) is 10.7. The highest BCUT2D eigenvalue weighted by Gasteiger charge is 2.39. The minimum absolute atomic E-state index is 0.247. The molecular formula is C19H24N2O6. The number of esters is 2. The van der Waals surface area contributed by atoms with Crippen molar-refractivity contribution in [2.24, 2.45) is 5.92 Å². The molecule has 0 aliphatic carbocycles. The summed E-state index contributed by atoms with van der Waals surface area (Å²) in [4.78, 5) is 35.8. The van der Waals surface area contributed by atoms with Gasteiger partial charge in [-0.25, -0.2) is 4.79 Å². The van der Waals surface area contributed by atoms with Crippen molar-refractivity contribution in [1.82, 2.24) is 10.6 Å². The van der Waals surface area contributed by atoms with Crippen molar-refractivity contribution >= 4 is 18.0 Å². The third kappa shape index (κ3) is 4.99. The van der Waals surface area contributed by atoms with E-state index in [-0.39, 0.29) is 17.6 Å². The van der Waals surface area contributed by atoms with Crippen molar-refractivity contribution in [2.75, 3.05) is 6.61 Å². The SMILES string of the molecule is C=C1NC(=O)N[C@@H](c2ccc(OC(C)=O)c(OCC)c2)[C@@H]1C(=O)OC(C)C. The summed E-state index contributed by atoms with van der Waals surface area (Å²) in [5.74, 6) is -1.22. The fourth-order valence-electron chi connectivity index (χ4n) is 2.77. The number of nitrogens with one attached hydrogen (secondary N) is 2. The van der Waals surface area contributed by atoms with Gasteiger partial charge in [-0.05, 0) is 38.5 Å². The normalized spacial score (nSPS) is 19.1. The van der Waals surface area contributed by atoms with Gasteiger partial charge >= 0.3 is 18.0 Å². The molecule has 1 aromatic carbocycles. The second-order valence-electron chi connectivity index (χ2n) is 6.30. The molecule has 8 nitrogen and oxygen atoms in total. The number of rotatable bonds is 6. The van der Waals surface area contributed by atoms with E-state index >= 15 is 0 Å². The lowest BCUT2D eigenvalue weighted by Gasteiger charge is -2.33. The summed E-state index contributed by atoms with van der Waals surface area (Å²) in [5, 5.41) is 5.24. The van der Waals surface area contributed by atoms with Crippen molar-refractivity contribution in [3.05, 3.63) is 36.0 Å². The average Bonchev–Trinajstić information content (AvgIpc) is 2.54. The highest BCUT2D eigenvalue weighted by atomic mass is 16.6. The van der Waals surface area contributed by atoms with E-state index in [9.17, 15) is 14.4 Å². The van der Waals surface area contributed by atoms with Crippen LogP contribution in [-0.4, -0.2) is 30.7 Å². The van der Waals surface area contributed by atoms with Crippen LogP contribution in [0.1, 0.15) is 39.3 Å². The molecule has 0 unspecified atom stereocenters. The Hall–Kier alpha value is -3.03. The van der Waals surface area contributed by atoms with Crippen molar-refractivity contribution in [2.45, 2.75) is 39.8 Å². The van der Waals surface area contributed by atoms with Gasteiger partial charge in [0.05, 0.1) is 18.8 Å². The quantitative estimate of drug-likeness (QED) is 0.584. The molecule has 1 aliphatic rings. The van der Waals surface area contributed by atoms with Crippen LogP contribution in [0.15, 0.2) is 30.5 Å². The van der Waals surface area contributed by atoms with Gasteiger partial charge in [-0.2, -0.15) is 0 Å². The zero-order valence-corrected chi connectivity index (χ0v) is 15.8. The molecule has 27 heavy (non-hydrogen) atoms. The second kappa shape index (κ2) is 8.57. The molecule has 1 saturated heterocycles. The summed E-state index contributed by atoms with van der Waals surface area (Å²) in [6.07, 6.45) is -0.311. The largest absolute Gasteiger partial charge is 0.490 e. The van der Waals surface area contributed by atoms with Gasteiger partial charge in [0.25, 0.3) is 0 Å². The smallest absolute Gasteiger partial charge is 0.319 e. The minimum Gasteiger partial charge on any atom is -0.490 e. The number of carbonyl (C=O) groups excluding carboxylic acids is 3. The van der Waals surface area contributed by atoms with Gasteiger partial charge in [-0.15, -0.1) is 0 Å². The Kier molecular flexibility index (Phi) is 6.44. The van der Waals surface area contributed by atoms with E-state index in [0.29, 0.717) is 17.9 Å². The third-order valence-electron chi connectivity index (χ3n) is 3.76. The van der Waals surface area contributed by atoms with Gasteiger partial charge in [-0.3, -0.25) is 9.59 Å². The van der Waals surface area contributed by atoms with Gasteiger partial charge in [0.2, 0.25) is 0 Å². The molecular weight excluding hydrogens is 352 g/mol. The van der Waals surface area contributed by atoms with Gasteiger partial charge in [0.15, 0.2) is 11.5 Å². The number of carbonyl (C=O) groups is 3. The minimum atomic E-state index is -0.820. The Balaban J connectivity index is 2.42. The van der Waals surface area contributed by atoms with E-state index in [4.69, 9.17) is 14.2 Å². The third-order valence-corrected chi connectivity index (χ3v) is 3.76.